The Morgan fingerprint density at radius 1 is 1.30 bits per heavy atom. The number of hydrogen-bond acceptors (Lipinski definition) is 4. The molecule has 0 fully saturated rings. The molecular weight excluding hydrogens is 262 g/mol. The minimum Gasteiger partial charge on any atom is -0.497 e. The van der Waals surface area contributed by atoms with Crippen molar-refractivity contribution < 1.29 is 24.2 Å². The summed E-state index contributed by atoms with van der Waals surface area (Å²) < 4.78 is 10.3. The highest BCUT2D eigenvalue weighted by molar-refractivity contribution is 6.01. The number of carboxylic acid groups (broad SMARTS) is 1. The van der Waals surface area contributed by atoms with E-state index < -0.39 is 17.5 Å². The minimum atomic E-state index is -1.14. The number of aromatic carboxylic acids is 1. The largest absolute Gasteiger partial charge is 0.497 e. The number of nitrogens with one attached hydrogen (secondary N) is 1. The monoisotopic (exact) mass is 281 g/mol. The second kappa shape index (κ2) is 6.38. The SMILES string of the molecule is COc1ccc(NC(=O)COC(C)(C)C)c(C(=O)O)c1. The molecule has 6 heteroatoms. The fourth-order valence-corrected chi connectivity index (χ4v) is 1.40. The van der Waals surface area contributed by atoms with Crippen molar-refractivity contribution in [3.63, 3.8) is 0 Å². The van der Waals surface area contributed by atoms with Crippen molar-refractivity contribution in [3.05, 3.63) is 23.8 Å². The summed E-state index contributed by atoms with van der Waals surface area (Å²) >= 11 is 0. The first kappa shape index (κ1) is 16.0. The van der Waals surface area contributed by atoms with Gasteiger partial charge in [0.05, 0.1) is 24.0 Å². The van der Waals surface area contributed by atoms with Crippen LogP contribution in [-0.4, -0.2) is 36.3 Å². The highest BCUT2D eigenvalue weighted by Gasteiger charge is 2.16. The van der Waals surface area contributed by atoms with Crippen molar-refractivity contribution in [2.75, 3.05) is 19.0 Å². The molecule has 0 aromatic heterocycles. The first-order chi connectivity index (χ1) is 9.23. The van der Waals surface area contributed by atoms with E-state index in [0.717, 1.165) is 0 Å². The number of benzene rings is 1. The molecule has 1 aromatic rings. The summed E-state index contributed by atoms with van der Waals surface area (Å²) in [4.78, 5) is 22.9. The van der Waals surface area contributed by atoms with E-state index in [9.17, 15) is 9.59 Å². The summed E-state index contributed by atoms with van der Waals surface area (Å²) in [6.07, 6.45) is 0. The second-order valence-corrected chi connectivity index (χ2v) is 5.17. The van der Waals surface area contributed by atoms with Gasteiger partial charge in [-0.05, 0) is 39.0 Å². The third-order valence-corrected chi connectivity index (χ3v) is 2.37. The molecule has 0 unspecified atom stereocenters. The molecule has 0 saturated carbocycles. The lowest BCUT2D eigenvalue weighted by molar-refractivity contribution is -0.125. The third-order valence-electron chi connectivity index (χ3n) is 2.37. The molecule has 20 heavy (non-hydrogen) atoms. The van der Waals surface area contributed by atoms with Crippen molar-refractivity contribution in [1.82, 2.24) is 0 Å². The van der Waals surface area contributed by atoms with Gasteiger partial charge in [-0.25, -0.2) is 4.79 Å². The maximum absolute atomic E-state index is 11.7. The summed E-state index contributed by atoms with van der Waals surface area (Å²) in [7, 11) is 1.44. The van der Waals surface area contributed by atoms with Gasteiger partial charge in [-0.1, -0.05) is 0 Å². The number of rotatable bonds is 5. The van der Waals surface area contributed by atoms with Gasteiger partial charge in [-0.2, -0.15) is 0 Å². The molecule has 1 amide bonds. The Hall–Kier alpha value is -2.08. The van der Waals surface area contributed by atoms with Gasteiger partial charge >= 0.3 is 5.97 Å². The Kier molecular flexibility index (Phi) is 5.10. The highest BCUT2D eigenvalue weighted by atomic mass is 16.5. The first-order valence-corrected chi connectivity index (χ1v) is 6.08. The Morgan fingerprint density at radius 2 is 1.95 bits per heavy atom. The number of carbonyl (C=O) groups is 2. The van der Waals surface area contributed by atoms with Crippen molar-refractivity contribution in [3.8, 4) is 5.75 Å². The lowest BCUT2D eigenvalue weighted by Crippen LogP contribution is -2.27. The maximum atomic E-state index is 11.7. The summed E-state index contributed by atoms with van der Waals surface area (Å²) in [6.45, 7) is 5.34. The lowest BCUT2D eigenvalue weighted by atomic mass is 10.1. The summed E-state index contributed by atoms with van der Waals surface area (Å²) in [6, 6.07) is 4.41. The average Bonchev–Trinajstić information content (AvgIpc) is 2.35. The molecule has 0 heterocycles. The van der Waals surface area contributed by atoms with Crippen LogP contribution >= 0.6 is 0 Å². The fraction of sp³-hybridized carbons (Fsp3) is 0.429. The van der Waals surface area contributed by atoms with Crippen LogP contribution in [-0.2, 0) is 9.53 Å². The van der Waals surface area contributed by atoms with E-state index in [0.29, 0.717) is 5.75 Å². The number of carboxylic acids is 1. The summed E-state index contributed by atoms with van der Waals surface area (Å²) in [5.41, 5.74) is -0.262. The molecule has 0 aliphatic carbocycles. The van der Waals surface area contributed by atoms with Crippen LogP contribution in [0.5, 0.6) is 5.75 Å². The molecule has 0 saturated heterocycles. The van der Waals surface area contributed by atoms with E-state index >= 15 is 0 Å². The van der Waals surface area contributed by atoms with Gasteiger partial charge in [0.25, 0.3) is 0 Å². The molecule has 6 nitrogen and oxygen atoms in total. The molecule has 0 radical (unpaired) electrons. The average molecular weight is 281 g/mol. The zero-order valence-corrected chi connectivity index (χ0v) is 12.0. The molecule has 2 N–H and O–H groups in total. The minimum absolute atomic E-state index is 0.0338. The Bertz CT molecular complexity index is 505. The molecular formula is C14H19NO5. The molecule has 0 bridgehead atoms. The van der Waals surface area contributed by atoms with Crippen LogP contribution in [0.15, 0.2) is 18.2 Å². The van der Waals surface area contributed by atoms with Gasteiger partial charge in [0.15, 0.2) is 0 Å². The first-order valence-electron chi connectivity index (χ1n) is 6.08. The molecule has 110 valence electrons. The van der Waals surface area contributed by atoms with Gasteiger partial charge < -0.3 is 19.9 Å². The van der Waals surface area contributed by atoms with Crippen LogP contribution in [0.4, 0.5) is 5.69 Å². The normalized spacial score (nSPS) is 11.0. The van der Waals surface area contributed by atoms with Crippen LogP contribution in [0.2, 0.25) is 0 Å². The third kappa shape index (κ3) is 4.89. The van der Waals surface area contributed by atoms with E-state index in [-0.39, 0.29) is 17.9 Å². The number of ether oxygens (including phenoxy) is 2. The molecule has 0 spiro atoms. The molecule has 1 aromatic carbocycles. The van der Waals surface area contributed by atoms with Crippen molar-refractivity contribution in [2.45, 2.75) is 26.4 Å². The molecule has 0 atom stereocenters. The summed E-state index contributed by atoms with van der Waals surface area (Å²) in [5, 5.41) is 11.6. The smallest absolute Gasteiger partial charge is 0.337 e. The van der Waals surface area contributed by atoms with Gasteiger partial charge in [-0.15, -0.1) is 0 Å². The van der Waals surface area contributed by atoms with Crippen LogP contribution < -0.4 is 10.1 Å². The Balaban J connectivity index is 2.81. The zero-order chi connectivity index (χ0) is 15.3. The van der Waals surface area contributed by atoms with Crippen LogP contribution in [0.1, 0.15) is 31.1 Å². The van der Waals surface area contributed by atoms with E-state index in [4.69, 9.17) is 14.6 Å². The fourth-order valence-electron chi connectivity index (χ4n) is 1.40. The van der Waals surface area contributed by atoms with Crippen LogP contribution in [0, 0.1) is 0 Å². The lowest BCUT2D eigenvalue weighted by Gasteiger charge is -2.19. The number of amides is 1. The zero-order valence-electron chi connectivity index (χ0n) is 12.0. The Labute approximate surface area is 117 Å². The van der Waals surface area contributed by atoms with E-state index in [1.165, 1.54) is 19.2 Å². The second-order valence-electron chi connectivity index (χ2n) is 5.17. The van der Waals surface area contributed by atoms with Crippen molar-refractivity contribution >= 4 is 17.6 Å². The quantitative estimate of drug-likeness (QED) is 0.863. The molecule has 1 rings (SSSR count). The van der Waals surface area contributed by atoms with Gasteiger partial charge in [-0.3, -0.25) is 4.79 Å². The number of methoxy groups -OCH3 is 1. The predicted octanol–water partition coefficient (Wildman–Crippen LogP) is 2.15. The van der Waals surface area contributed by atoms with Crippen LogP contribution in [0.25, 0.3) is 0 Å². The maximum Gasteiger partial charge on any atom is 0.337 e. The van der Waals surface area contributed by atoms with Gasteiger partial charge in [0.1, 0.15) is 12.4 Å². The highest BCUT2D eigenvalue weighted by Crippen LogP contribution is 2.22. The molecule has 0 aliphatic heterocycles. The van der Waals surface area contributed by atoms with Crippen LogP contribution in [0.3, 0.4) is 0 Å². The van der Waals surface area contributed by atoms with Crippen molar-refractivity contribution in [1.29, 1.82) is 0 Å². The summed E-state index contributed by atoms with van der Waals surface area (Å²) in [5.74, 6) is -1.14. The standard InChI is InChI=1S/C14H19NO5/c1-14(2,3)20-8-12(16)15-11-6-5-9(19-4)7-10(11)13(17)18/h5-7H,8H2,1-4H3,(H,15,16)(H,17,18). The topological polar surface area (TPSA) is 84.9 Å². The van der Waals surface area contributed by atoms with Crippen molar-refractivity contribution in [2.24, 2.45) is 0 Å². The van der Waals surface area contributed by atoms with E-state index in [1.807, 2.05) is 20.8 Å². The van der Waals surface area contributed by atoms with Gasteiger partial charge in [0.2, 0.25) is 5.91 Å². The number of anilines is 1. The van der Waals surface area contributed by atoms with Gasteiger partial charge in [0, 0.05) is 0 Å². The number of hydrogen-bond donors (Lipinski definition) is 2. The molecule has 0 aliphatic rings. The number of carbonyl (C=O) groups excluding carboxylic acids is 1. The Morgan fingerprint density at radius 3 is 2.45 bits per heavy atom. The van der Waals surface area contributed by atoms with E-state index in [1.54, 1.807) is 6.07 Å². The van der Waals surface area contributed by atoms with E-state index in [2.05, 4.69) is 5.32 Å². The predicted molar refractivity (Wildman–Crippen MR) is 74.3 cm³/mol.